The molecule has 136 valence electrons. The molecule has 3 heterocycles. The molecule has 3 aliphatic rings. The zero-order valence-electron chi connectivity index (χ0n) is 14.9. The summed E-state index contributed by atoms with van der Waals surface area (Å²) in [4.78, 5) is 27.1. The number of hydrogen-bond acceptors (Lipinski definition) is 4. The van der Waals surface area contributed by atoms with Crippen molar-refractivity contribution in [3.63, 3.8) is 0 Å². The standard InChI is InChI=1S/C18H32N4O2/c1-18(8-2-3-10-21-18)17(24)22-11-5-6-14(13-22)12-20-16(23)15-7-4-9-19-15/h14-15,19,21H,2-13H2,1H3,(H,20,23). The Morgan fingerprint density at radius 2 is 2.04 bits per heavy atom. The minimum Gasteiger partial charge on any atom is -0.354 e. The third-order valence-electron chi connectivity index (χ3n) is 5.84. The molecule has 0 aliphatic carbocycles. The van der Waals surface area contributed by atoms with Crippen molar-refractivity contribution in [3.05, 3.63) is 0 Å². The Bertz CT molecular complexity index is 456. The predicted octanol–water partition coefficient (Wildman–Crippen LogP) is 0.625. The van der Waals surface area contributed by atoms with Crippen molar-refractivity contribution in [3.8, 4) is 0 Å². The first-order valence-electron chi connectivity index (χ1n) is 9.64. The van der Waals surface area contributed by atoms with Crippen LogP contribution in [0, 0.1) is 5.92 Å². The molecule has 24 heavy (non-hydrogen) atoms. The highest BCUT2D eigenvalue weighted by molar-refractivity contribution is 5.86. The minimum absolute atomic E-state index is 0.0170. The van der Waals surface area contributed by atoms with E-state index in [-0.39, 0.29) is 17.9 Å². The molecule has 3 rings (SSSR count). The van der Waals surface area contributed by atoms with E-state index in [1.807, 2.05) is 11.8 Å². The third kappa shape index (κ3) is 4.09. The Morgan fingerprint density at radius 1 is 1.17 bits per heavy atom. The zero-order chi connectivity index (χ0) is 17.0. The van der Waals surface area contributed by atoms with E-state index >= 15 is 0 Å². The molecule has 0 aromatic rings. The molecule has 3 fully saturated rings. The molecule has 0 spiro atoms. The van der Waals surface area contributed by atoms with E-state index in [1.165, 1.54) is 0 Å². The summed E-state index contributed by atoms with van der Waals surface area (Å²) in [5.74, 6) is 0.743. The van der Waals surface area contributed by atoms with Gasteiger partial charge in [-0.1, -0.05) is 0 Å². The van der Waals surface area contributed by atoms with Gasteiger partial charge in [-0.2, -0.15) is 0 Å². The number of amides is 2. The van der Waals surface area contributed by atoms with Gasteiger partial charge in [-0.05, 0) is 70.9 Å². The van der Waals surface area contributed by atoms with Crippen molar-refractivity contribution in [1.29, 1.82) is 0 Å². The molecule has 3 unspecified atom stereocenters. The van der Waals surface area contributed by atoms with Gasteiger partial charge in [-0.3, -0.25) is 9.59 Å². The number of carbonyl (C=O) groups is 2. The van der Waals surface area contributed by atoms with Crippen LogP contribution in [0.25, 0.3) is 0 Å². The van der Waals surface area contributed by atoms with E-state index in [4.69, 9.17) is 0 Å². The lowest BCUT2D eigenvalue weighted by atomic mass is 9.88. The molecule has 3 aliphatic heterocycles. The van der Waals surface area contributed by atoms with Crippen LogP contribution in [0.3, 0.4) is 0 Å². The van der Waals surface area contributed by atoms with Gasteiger partial charge < -0.3 is 20.9 Å². The summed E-state index contributed by atoms with van der Waals surface area (Å²) in [6.07, 6.45) is 7.34. The Balaban J connectivity index is 1.48. The van der Waals surface area contributed by atoms with E-state index in [2.05, 4.69) is 16.0 Å². The smallest absolute Gasteiger partial charge is 0.242 e. The molecular weight excluding hydrogens is 304 g/mol. The summed E-state index contributed by atoms with van der Waals surface area (Å²) in [6.45, 7) is 6.23. The van der Waals surface area contributed by atoms with E-state index in [9.17, 15) is 9.59 Å². The number of nitrogens with one attached hydrogen (secondary N) is 3. The van der Waals surface area contributed by atoms with Gasteiger partial charge in [0.1, 0.15) is 0 Å². The molecule has 3 saturated heterocycles. The number of likely N-dealkylation sites (tertiary alicyclic amines) is 1. The molecule has 0 aromatic heterocycles. The second-order valence-corrected chi connectivity index (χ2v) is 7.87. The first-order valence-corrected chi connectivity index (χ1v) is 9.64. The molecule has 0 bridgehead atoms. The van der Waals surface area contributed by atoms with Gasteiger partial charge in [0.25, 0.3) is 0 Å². The van der Waals surface area contributed by atoms with Crippen LogP contribution in [-0.2, 0) is 9.59 Å². The van der Waals surface area contributed by atoms with Gasteiger partial charge in [0.2, 0.25) is 11.8 Å². The topological polar surface area (TPSA) is 73.5 Å². The van der Waals surface area contributed by atoms with Crippen molar-refractivity contribution in [1.82, 2.24) is 20.9 Å². The summed E-state index contributed by atoms with van der Waals surface area (Å²) in [5.41, 5.74) is -0.392. The largest absolute Gasteiger partial charge is 0.354 e. The fourth-order valence-corrected chi connectivity index (χ4v) is 4.28. The van der Waals surface area contributed by atoms with Crippen LogP contribution in [0.2, 0.25) is 0 Å². The van der Waals surface area contributed by atoms with Crippen LogP contribution in [0.1, 0.15) is 51.9 Å². The lowest BCUT2D eigenvalue weighted by Gasteiger charge is -2.41. The van der Waals surface area contributed by atoms with Crippen LogP contribution in [0.5, 0.6) is 0 Å². The summed E-state index contributed by atoms with van der Waals surface area (Å²) in [6, 6.07) is -0.0170. The molecule has 0 saturated carbocycles. The number of nitrogens with zero attached hydrogens (tertiary/aromatic N) is 1. The van der Waals surface area contributed by atoms with Crippen LogP contribution < -0.4 is 16.0 Å². The molecular formula is C18H32N4O2. The van der Waals surface area contributed by atoms with E-state index < -0.39 is 5.54 Å². The quantitative estimate of drug-likeness (QED) is 0.704. The number of carbonyl (C=O) groups excluding carboxylic acids is 2. The van der Waals surface area contributed by atoms with Gasteiger partial charge in [0, 0.05) is 19.6 Å². The molecule has 0 aromatic carbocycles. The second-order valence-electron chi connectivity index (χ2n) is 7.87. The maximum absolute atomic E-state index is 12.9. The summed E-state index contributed by atoms with van der Waals surface area (Å²) >= 11 is 0. The lowest BCUT2D eigenvalue weighted by Crippen LogP contribution is -2.59. The highest BCUT2D eigenvalue weighted by Gasteiger charge is 2.39. The predicted molar refractivity (Wildman–Crippen MR) is 93.6 cm³/mol. The fourth-order valence-electron chi connectivity index (χ4n) is 4.28. The second kappa shape index (κ2) is 7.83. The van der Waals surface area contributed by atoms with Crippen LogP contribution in [0.4, 0.5) is 0 Å². The van der Waals surface area contributed by atoms with Crippen molar-refractivity contribution >= 4 is 11.8 Å². The molecule has 6 nitrogen and oxygen atoms in total. The van der Waals surface area contributed by atoms with Gasteiger partial charge in [0.15, 0.2) is 0 Å². The highest BCUT2D eigenvalue weighted by Crippen LogP contribution is 2.24. The molecule has 3 N–H and O–H groups in total. The van der Waals surface area contributed by atoms with Gasteiger partial charge in [0.05, 0.1) is 11.6 Å². The molecule has 6 heteroatoms. The Hall–Kier alpha value is -1.14. The maximum Gasteiger partial charge on any atom is 0.242 e. The van der Waals surface area contributed by atoms with Crippen LogP contribution >= 0.6 is 0 Å². The molecule has 0 radical (unpaired) electrons. The Morgan fingerprint density at radius 3 is 2.75 bits per heavy atom. The van der Waals surface area contributed by atoms with Crippen molar-refractivity contribution in [2.75, 3.05) is 32.7 Å². The van der Waals surface area contributed by atoms with E-state index in [1.54, 1.807) is 0 Å². The Labute approximate surface area is 145 Å². The third-order valence-corrected chi connectivity index (χ3v) is 5.84. The highest BCUT2D eigenvalue weighted by atomic mass is 16.2. The molecule has 2 amide bonds. The number of piperidine rings is 2. The minimum atomic E-state index is -0.392. The Kier molecular flexibility index (Phi) is 5.76. The summed E-state index contributed by atoms with van der Waals surface area (Å²) < 4.78 is 0. The fraction of sp³-hybridized carbons (Fsp3) is 0.889. The average Bonchev–Trinajstić information content (AvgIpc) is 3.15. The average molecular weight is 336 g/mol. The monoisotopic (exact) mass is 336 g/mol. The SMILES string of the molecule is CC1(C(=O)N2CCCC(CNC(=O)C3CCCN3)C2)CCCCN1. The lowest BCUT2D eigenvalue weighted by molar-refractivity contribution is -0.140. The first kappa shape index (κ1) is 17.7. The van der Waals surface area contributed by atoms with Crippen molar-refractivity contribution < 1.29 is 9.59 Å². The van der Waals surface area contributed by atoms with E-state index in [0.29, 0.717) is 12.5 Å². The normalized spacial score (nSPS) is 34.1. The molecule has 3 atom stereocenters. The summed E-state index contributed by atoms with van der Waals surface area (Å²) in [7, 11) is 0. The van der Waals surface area contributed by atoms with Crippen molar-refractivity contribution in [2.24, 2.45) is 5.92 Å². The zero-order valence-corrected chi connectivity index (χ0v) is 14.9. The van der Waals surface area contributed by atoms with Crippen LogP contribution in [0.15, 0.2) is 0 Å². The van der Waals surface area contributed by atoms with Gasteiger partial charge >= 0.3 is 0 Å². The number of rotatable bonds is 4. The first-order chi connectivity index (χ1) is 11.6. The van der Waals surface area contributed by atoms with E-state index in [0.717, 1.165) is 71.1 Å². The number of hydrogen-bond donors (Lipinski definition) is 3. The maximum atomic E-state index is 12.9. The summed E-state index contributed by atoms with van der Waals surface area (Å²) in [5, 5.41) is 9.75. The van der Waals surface area contributed by atoms with Gasteiger partial charge in [-0.25, -0.2) is 0 Å². The van der Waals surface area contributed by atoms with Crippen molar-refractivity contribution in [2.45, 2.75) is 63.5 Å². The van der Waals surface area contributed by atoms with Crippen LogP contribution in [-0.4, -0.2) is 61.0 Å². The van der Waals surface area contributed by atoms with Gasteiger partial charge in [-0.15, -0.1) is 0 Å².